The number of carboxylic acid groups (broad SMARTS) is 4. The molecule has 1 fully saturated rings. The Morgan fingerprint density at radius 1 is 0.590 bits per heavy atom. The molecule has 12 nitrogen and oxygen atoms in total. The smallest absolute Gasteiger partial charge is 0.414 e. The maximum atomic E-state index is 9.10. The van der Waals surface area contributed by atoms with E-state index in [1.165, 1.54) is 22.5 Å². The largest absolute Gasteiger partial charge is 0.473 e. The van der Waals surface area contributed by atoms with E-state index >= 15 is 0 Å². The predicted molar refractivity (Wildman–Crippen MR) is 144 cm³/mol. The first-order valence-electron chi connectivity index (χ1n) is 12.3. The van der Waals surface area contributed by atoms with Gasteiger partial charge in [-0.2, -0.15) is 0 Å². The van der Waals surface area contributed by atoms with Crippen LogP contribution in [0.15, 0.2) is 48.5 Å². The van der Waals surface area contributed by atoms with Gasteiger partial charge in [0.15, 0.2) is 0 Å². The molecule has 1 saturated heterocycles. The van der Waals surface area contributed by atoms with E-state index in [1.807, 2.05) is 0 Å². The average molecular weight is 544 g/mol. The van der Waals surface area contributed by atoms with Gasteiger partial charge in [-0.15, -0.1) is 0 Å². The first kappa shape index (κ1) is 31.0. The molecule has 0 bridgehead atoms. The standard InChI is InChI=1S/C23H29N3O.2C2H2O4/c27-19-18-25-16-14-24(15-17-25)12-5-13-26-22-8-3-1-6-20(22)10-11-21-7-2-4-9-23(21)26;2*3-1(4)2(5)6/h1-4,6-11,27H,5,12-19H2;2*(H,3,4)(H,5,6). The number of benzene rings is 2. The Bertz CT molecular complexity index is 1060. The number of rotatable bonds is 6. The van der Waals surface area contributed by atoms with E-state index in [0.29, 0.717) is 0 Å². The van der Waals surface area contributed by atoms with Crippen LogP contribution in [0, 0.1) is 0 Å². The third-order valence-corrected chi connectivity index (χ3v) is 6.00. The molecule has 0 atom stereocenters. The van der Waals surface area contributed by atoms with Crippen LogP contribution in [-0.4, -0.2) is 112 Å². The third kappa shape index (κ3) is 10.2. The van der Waals surface area contributed by atoms with Crippen LogP contribution in [0.2, 0.25) is 0 Å². The van der Waals surface area contributed by atoms with Gasteiger partial charge in [0.2, 0.25) is 0 Å². The summed E-state index contributed by atoms with van der Waals surface area (Å²) in [6.07, 6.45) is 5.60. The Hall–Kier alpha value is -4.26. The van der Waals surface area contributed by atoms with Gasteiger partial charge < -0.3 is 35.3 Å². The fourth-order valence-corrected chi connectivity index (χ4v) is 4.13. The highest BCUT2D eigenvalue weighted by Crippen LogP contribution is 2.36. The molecule has 39 heavy (non-hydrogen) atoms. The topological polar surface area (TPSA) is 179 Å². The van der Waals surface area contributed by atoms with Gasteiger partial charge in [-0.1, -0.05) is 48.6 Å². The van der Waals surface area contributed by atoms with Crippen LogP contribution in [0.4, 0.5) is 11.4 Å². The number of β-amino-alcohol motifs (C(OH)–C–C–N with tert-alkyl or cyclic N) is 1. The maximum absolute atomic E-state index is 9.10. The Labute approximate surface area is 225 Å². The summed E-state index contributed by atoms with van der Waals surface area (Å²) in [5.74, 6) is -7.30. The number of aliphatic hydroxyl groups is 1. The number of aliphatic hydroxyl groups excluding tert-OH is 1. The second-order valence-corrected chi connectivity index (χ2v) is 8.58. The minimum Gasteiger partial charge on any atom is -0.473 e. The molecule has 2 heterocycles. The molecule has 0 saturated carbocycles. The lowest BCUT2D eigenvalue weighted by Gasteiger charge is -2.35. The van der Waals surface area contributed by atoms with Gasteiger partial charge in [-0.25, -0.2) is 19.2 Å². The normalized spacial score (nSPS) is 14.3. The van der Waals surface area contributed by atoms with E-state index in [1.54, 1.807) is 0 Å². The Morgan fingerprint density at radius 3 is 1.36 bits per heavy atom. The number of nitrogens with zero attached hydrogens (tertiary/aromatic N) is 3. The highest BCUT2D eigenvalue weighted by molar-refractivity contribution is 6.27. The molecule has 2 aliphatic heterocycles. The molecule has 2 aliphatic rings. The molecule has 0 aliphatic carbocycles. The number of aliphatic carboxylic acids is 4. The van der Waals surface area contributed by atoms with Gasteiger partial charge in [-0.05, 0) is 36.2 Å². The van der Waals surface area contributed by atoms with Crippen molar-refractivity contribution >= 4 is 47.4 Å². The first-order valence-corrected chi connectivity index (χ1v) is 12.3. The second-order valence-electron chi connectivity index (χ2n) is 8.58. The number of hydrogen-bond acceptors (Lipinski definition) is 8. The second kappa shape index (κ2) is 15.9. The lowest BCUT2D eigenvalue weighted by molar-refractivity contribution is -0.159. The molecular formula is C27H33N3O9. The molecule has 0 amide bonds. The fourth-order valence-electron chi connectivity index (χ4n) is 4.13. The summed E-state index contributed by atoms with van der Waals surface area (Å²) in [4.78, 5) is 43.8. The summed E-state index contributed by atoms with van der Waals surface area (Å²) in [7, 11) is 0. The zero-order valence-electron chi connectivity index (χ0n) is 21.3. The molecule has 210 valence electrons. The van der Waals surface area contributed by atoms with E-state index in [0.717, 1.165) is 52.2 Å². The van der Waals surface area contributed by atoms with Gasteiger partial charge in [0.1, 0.15) is 0 Å². The van der Waals surface area contributed by atoms with Gasteiger partial charge >= 0.3 is 23.9 Å². The van der Waals surface area contributed by atoms with Crippen molar-refractivity contribution in [3.63, 3.8) is 0 Å². The Balaban J connectivity index is 0.000000374. The van der Waals surface area contributed by atoms with E-state index < -0.39 is 23.9 Å². The predicted octanol–water partition coefficient (Wildman–Crippen LogP) is 1.62. The van der Waals surface area contributed by atoms with Crippen molar-refractivity contribution in [1.82, 2.24) is 9.80 Å². The maximum Gasteiger partial charge on any atom is 0.414 e. The van der Waals surface area contributed by atoms with Crippen molar-refractivity contribution in [3.05, 3.63) is 59.7 Å². The number of anilines is 2. The zero-order valence-corrected chi connectivity index (χ0v) is 21.3. The summed E-state index contributed by atoms with van der Waals surface area (Å²) in [6.45, 7) is 7.57. The SMILES string of the molecule is O=C(O)C(=O)O.O=C(O)C(=O)O.OCCN1CCN(CCCN2c3ccccc3C=Cc3ccccc32)CC1. The molecular weight excluding hydrogens is 510 g/mol. The molecule has 5 N–H and O–H groups in total. The van der Waals surface area contributed by atoms with E-state index in [9.17, 15) is 0 Å². The molecule has 2 aromatic rings. The lowest BCUT2D eigenvalue weighted by atomic mass is 10.1. The summed E-state index contributed by atoms with van der Waals surface area (Å²) in [5.41, 5.74) is 5.16. The van der Waals surface area contributed by atoms with Crippen molar-refractivity contribution in [2.45, 2.75) is 6.42 Å². The quantitative estimate of drug-likeness (QED) is 0.333. The van der Waals surface area contributed by atoms with Crippen LogP contribution in [0.3, 0.4) is 0 Å². The number of carbonyl (C=O) groups is 4. The van der Waals surface area contributed by atoms with E-state index in [-0.39, 0.29) is 6.61 Å². The van der Waals surface area contributed by atoms with E-state index in [4.69, 9.17) is 44.7 Å². The number of fused-ring (bicyclic) bond motifs is 2. The molecule has 0 spiro atoms. The number of para-hydroxylation sites is 2. The molecule has 2 aromatic carbocycles. The summed E-state index contributed by atoms with van der Waals surface area (Å²) in [6, 6.07) is 17.4. The van der Waals surface area contributed by atoms with Crippen molar-refractivity contribution in [1.29, 1.82) is 0 Å². The Morgan fingerprint density at radius 2 is 0.974 bits per heavy atom. The van der Waals surface area contributed by atoms with Crippen molar-refractivity contribution in [2.75, 3.05) is 57.3 Å². The van der Waals surface area contributed by atoms with Crippen LogP contribution < -0.4 is 4.90 Å². The summed E-state index contributed by atoms with van der Waals surface area (Å²) >= 11 is 0. The number of hydrogen-bond donors (Lipinski definition) is 5. The van der Waals surface area contributed by atoms with Crippen molar-refractivity contribution in [3.8, 4) is 0 Å². The average Bonchev–Trinajstić information content (AvgIpc) is 3.07. The molecule has 0 unspecified atom stereocenters. The number of piperazine rings is 1. The molecule has 4 rings (SSSR count). The van der Waals surface area contributed by atoms with Crippen LogP contribution in [0.25, 0.3) is 12.2 Å². The molecule has 0 radical (unpaired) electrons. The highest BCUT2D eigenvalue weighted by Gasteiger charge is 2.19. The van der Waals surface area contributed by atoms with Crippen LogP contribution in [0.1, 0.15) is 17.5 Å². The number of carboxylic acids is 4. The first-order chi connectivity index (χ1) is 18.6. The summed E-state index contributed by atoms with van der Waals surface area (Å²) < 4.78 is 0. The minimum atomic E-state index is -1.82. The van der Waals surface area contributed by atoms with Gasteiger partial charge in [0.25, 0.3) is 0 Å². The highest BCUT2D eigenvalue weighted by atomic mass is 16.4. The van der Waals surface area contributed by atoms with Crippen LogP contribution >= 0.6 is 0 Å². The van der Waals surface area contributed by atoms with E-state index in [2.05, 4.69) is 75.4 Å². The molecule has 12 heteroatoms. The van der Waals surface area contributed by atoms with Gasteiger partial charge in [-0.3, -0.25) is 4.90 Å². The monoisotopic (exact) mass is 543 g/mol. The van der Waals surface area contributed by atoms with Gasteiger partial charge in [0.05, 0.1) is 6.61 Å². The van der Waals surface area contributed by atoms with Crippen LogP contribution in [0.5, 0.6) is 0 Å². The van der Waals surface area contributed by atoms with Crippen molar-refractivity contribution in [2.24, 2.45) is 0 Å². The fraction of sp³-hybridized carbons (Fsp3) is 0.333. The van der Waals surface area contributed by atoms with Crippen molar-refractivity contribution < 1.29 is 44.7 Å². The summed E-state index contributed by atoms with van der Waals surface area (Å²) in [5, 5.41) is 38.7. The van der Waals surface area contributed by atoms with Gasteiger partial charge in [0, 0.05) is 50.6 Å². The Kier molecular flexibility index (Phi) is 12.6. The lowest BCUT2D eigenvalue weighted by Crippen LogP contribution is -2.47. The third-order valence-electron chi connectivity index (χ3n) is 6.00. The molecule has 0 aromatic heterocycles. The van der Waals surface area contributed by atoms with Crippen LogP contribution in [-0.2, 0) is 19.2 Å². The minimum absolute atomic E-state index is 0.266. The zero-order chi connectivity index (χ0) is 28.8.